The van der Waals surface area contributed by atoms with Crippen molar-refractivity contribution in [2.75, 3.05) is 12.3 Å². The number of hydrogen-bond acceptors (Lipinski definition) is 3. The Labute approximate surface area is 71.0 Å². The molecule has 2 rings (SSSR count). The van der Waals surface area contributed by atoms with Crippen LogP contribution in [0.2, 0.25) is 0 Å². The largest absolute Gasteiger partial charge is 0.382 e. The molecule has 4 nitrogen and oxygen atoms in total. The Morgan fingerprint density at radius 3 is 3.00 bits per heavy atom. The smallest absolute Gasteiger partial charge is 0.149 e. The molecule has 2 heterocycles. The summed E-state index contributed by atoms with van der Waals surface area (Å²) in [5.74, 6) is 0.641. The fourth-order valence-corrected chi connectivity index (χ4v) is 1.25. The van der Waals surface area contributed by atoms with Gasteiger partial charge in [0.15, 0.2) is 0 Å². The van der Waals surface area contributed by atoms with Gasteiger partial charge >= 0.3 is 0 Å². The summed E-state index contributed by atoms with van der Waals surface area (Å²) < 4.78 is 0. The third kappa shape index (κ3) is 1.32. The second-order valence-corrected chi connectivity index (χ2v) is 2.49. The lowest BCUT2D eigenvalue weighted by atomic mass is 10.1. The summed E-state index contributed by atoms with van der Waals surface area (Å²) in [5, 5.41) is 10.0. The number of aromatic amines is 1. The van der Waals surface area contributed by atoms with Gasteiger partial charge in [0.05, 0.1) is 0 Å². The molecule has 5 heteroatoms. The second kappa shape index (κ2) is 3.11. The van der Waals surface area contributed by atoms with E-state index in [1.165, 1.54) is 5.69 Å². The number of H-pyrrole nitrogens is 1. The Balaban J connectivity index is 0.000000605. The molecule has 0 spiro atoms. The fraction of sp³-hybridized carbons (Fsp3) is 0.500. The zero-order valence-corrected chi connectivity index (χ0v) is 6.87. The lowest BCUT2D eigenvalue weighted by Gasteiger charge is -2.11. The molecule has 1 aromatic rings. The first-order valence-electron chi connectivity index (χ1n) is 3.40. The van der Waals surface area contributed by atoms with Gasteiger partial charge in [0.1, 0.15) is 5.82 Å². The molecule has 0 radical (unpaired) electrons. The Kier molecular flexibility index (Phi) is 2.36. The fourth-order valence-electron chi connectivity index (χ4n) is 1.25. The normalized spacial score (nSPS) is 15.3. The number of nitrogens with one attached hydrogen (secondary N) is 2. The standard InChI is InChI=1S/C6H10N4.ClH/c7-6-4-3-8-2-1-5(4)9-10-6;/h8H,1-3H2,(H3,7,9,10);1H. The van der Waals surface area contributed by atoms with E-state index in [9.17, 15) is 0 Å². The number of nitrogens with two attached hydrogens (primary N) is 1. The van der Waals surface area contributed by atoms with E-state index in [2.05, 4.69) is 15.5 Å². The Morgan fingerprint density at radius 2 is 2.27 bits per heavy atom. The first kappa shape index (κ1) is 8.36. The van der Waals surface area contributed by atoms with Gasteiger partial charge < -0.3 is 11.1 Å². The highest BCUT2D eigenvalue weighted by Gasteiger charge is 2.13. The molecule has 0 unspecified atom stereocenters. The van der Waals surface area contributed by atoms with E-state index in [1.54, 1.807) is 0 Å². The van der Waals surface area contributed by atoms with Crippen LogP contribution in [0.15, 0.2) is 0 Å². The molecule has 0 amide bonds. The van der Waals surface area contributed by atoms with Crippen LogP contribution in [-0.4, -0.2) is 16.7 Å². The average Bonchev–Trinajstić information content (AvgIpc) is 2.34. The number of hydrogen-bond donors (Lipinski definition) is 3. The van der Waals surface area contributed by atoms with Crippen LogP contribution in [0, 0.1) is 0 Å². The first-order chi connectivity index (χ1) is 4.88. The molecule has 0 atom stereocenters. The van der Waals surface area contributed by atoms with E-state index in [-0.39, 0.29) is 12.4 Å². The van der Waals surface area contributed by atoms with Crippen molar-refractivity contribution in [2.24, 2.45) is 0 Å². The van der Waals surface area contributed by atoms with Crippen LogP contribution in [0.1, 0.15) is 11.3 Å². The maximum atomic E-state index is 5.58. The zero-order valence-electron chi connectivity index (χ0n) is 6.05. The van der Waals surface area contributed by atoms with Crippen LogP contribution in [-0.2, 0) is 13.0 Å². The molecule has 0 fully saturated rings. The van der Waals surface area contributed by atoms with Gasteiger partial charge in [0, 0.05) is 30.8 Å². The van der Waals surface area contributed by atoms with Crippen molar-refractivity contribution in [1.82, 2.24) is 15.5 Å². The molecule has 1 aromatic heterocycles. The maximum Gasteiger partial charge on any atom is 0.149 e. The van der Waals surface area contributed by atoms with E-state index < -0.39 is 0 Å². The van der Waals surface area contributed by atoms with Gasteiger partial charge in [-0.25, -0.2) is 0 Å². The highest BCUT2D eigenvalue weighted by molar-refractivity contribution is 5.85. The quantitative estimate of drug-likeness (QED) is 0.521. The summed E-state index contributed by atoms with van der Waals surface area (Å²) in [7, 11) is 0. The molecule has 0 aliphatic carbocycles. The Bertz CT molecular complexity index is 245. The summed E-state index contributed by atoms with van der Waals surface area (Å²) in [6.07, 6.45) is 1.01. The zero-order chi connectivity index (χ0) is 6.97. The van der Waals surface area contributed by atoms with Crippen LogP contribution in [0.5, 0.6) is 0 Å². The molecule has 0 aromatic carbocycles. The predicted molar refractivity (Wildman–Crippen MR) is 45.7 cm³/mol. The number of aromatic nitrogens is 2. The van der Waals surface area contributed by atoms with Gasteiger partial charge in [-0.05, 0) is 0 Å². The maximum absolute atomic E-state index is 5.58. The topological polar surface area (TPSA) is 66.7 Å². The molecule has 1 aliphatic rings. The summed E-state index contributed by atoms with van der Waals surface area (Å²) >= 11 is 0. The predicted octanol–water partition coefficient (Wildman–Crippen LogP) is 0.0594. The van der Waals surface area contributed by atoms with Crippen molar-refractivity contribution < 1.29 is 0 Å². The van der Waals surface area contributed by atoms with Crippen molar-refractivity contribution in [2.45, 2.75) is 13.0 Å². The van der Waals surface area contributed by atoms with E-state index in [0.717, 1.165) is 25.1 Å². The molecular formula is C6H11ClN4. The van der Waals surface area contributed by atoms with E-state index >= 15 is 0 Å². The Morgan fingerprint density at radius 1 is 1.45 bits per heavy atom. The van der Waals surface area contributed by atoms with Gasteiger partial charge in [-0.15, -0.1) is 12.4 Å². The van der Waals surface area contributed by atoms with Crippen molar-refractivity contribution in [3.05, 3.63) is 11.3 Å². The monoisotopic (exact) mass is 174 g/mol. The van der Waals surface area contributed by atoms with Crippen molar-refractivity contribution in [3.63, 3.8) is 0 Å². The summed E-state index contributed by atoms with van der Waals surface area (Å²) in [6, 6.07) is 0. The van der Waals surface area contributed by atoms with Gasteiger partial charge in [-0.2, -0.15) is 5.10 Å². The number of fused-ring (bicyclic) bond motifs is 1. The number of halogens is 1. The minimum Gasteiger partial charge on any atom is -0.382 e. The molecular weight excluding hydrogens is 164 g/mol. The van der Waals surface area contributed by atoms with Gasteiger partial charge in [0.2, 0.25) is 0 Å². The Hall–Kier alpha value is -0.740. The number of anilines is 1. The van der Waals surface area contributed by atoms with Crippen LogP contribution >= 0.6 is 12.4 Å². The molecule has 62 valence electrons. The van der Waals surface area contributed by atoms with Crippen LogP contribution in [0.4, 0.5) is 5.82 Å². The average molecular weight is 175 g/mol. The number of rotatable bonds is 0. The van der Waals surface area contributed by atoms with Crippen molar-refractivity contribution >= 4 is 18.2 Å². The second-order valence-electron chi connectivity index (χ2n) is 2.49. The van der Waals surface area contributed by atoms with Crippen LogP contribution < -0.4 is 11.1 Å². The number of nitrogens with zero attached hydrogens (tertiary/aromatic N) is 1. The van der Waals surface area contributed by atoms with Crippen molar-refractivity contribution in [3.8, 4) is 0 Å². The van der Waals surface area contributed by atoms with Gasteiger partial charge in [0.25, 0.3) is 0 Å². The lowest BCUT2D eigenvalue weighted by Crippen LogP contribution is -2.23. The van der Waals surface area contributed by atoms with E-state index in [4.69, 9.17) is 5.73 Å². The molecule has 4 N–H and O–H groups in total. The molecule has 1 aliphatic heterocycles. The highest BCUT2D eigenvalue weighted by atomic mass is 35.5. The minimum absolute atomic E-state index is 0. The van der Waals surface area contributed by atoms with Gasteiger partial charge in [-0.1, -0.05) is 0 Å². The highest BCUT2D eigenvalue weighted by Crippen LogP contribution is 2.15. The minimum atomic E-state index is 0. The molecule has 0 saturated carbocycles. The number of nitrogen functional groups attached to an aromatic ring is 1. The molecule has 0 bridgehead atoms. The van der Waals surface area contributed by atoms with Gasteiger partial charge in [-0.3, -0.25) is 5.10 Å². The summed E-state index contributed by atoms with van der Waals surface area (Å²) in [4.78, 5) is 0. The lowest BCUT2D eigenvalue weighted by molar-refractivity contribution is 0.637. The van der Waals surface area contributed by atoms with E-state index in [1.807, 2.05) is 0 Å². The van der Waals surface area contributed by atoms with Crippen molar-refractivity contribution in [1.29, 1.82) is 0 Å². The molecule has 11 heavy (non-hydrogen) atoms. The SMILES string of the molecule is Cl.Nc1n[nH]c2c1CNCC2. The van der Waals surface area contributed by atoms with E-state index in [0.29, 0.717) is 5.82 Å². The van der Waals surface area contributed by atoms with Crippen LogP contribution in [0.25, 0.3) is 0 Å². The third-order valence-electron chi connectivity index (χ3n) is 1.84. The first-order valence-corrected chi connectivity index (χ1v) is 3.40. The summed E-state index contributed by atoms with van der Waals surface area (Å²) in [5.41, 5.74) is 7.91. The summed E-state index contributed by atoms with van der Waals surface area (Å²) in [6.45, 7) is 1.88. The van der Waals surface area contributed by atoms with Crippen LogP contribution in [0.3, 0.4) is 0 Å². The third-order valence-corrected chi connectivity index (χ3v) is 1.84. The molecule has 0 saturated heterocycles.